The molecule has 3 heteroatoms. The van der Waals surface area contributed by atoms with E-state index in [1.807, 2.05) is 0 Å². The van der Waals surface area contributed by atoms with Gasteiger partial charge in [0.2, 0.25) is 0 Å². The second kappa shape index (κ2) is 8.06. The molecule has 0 atom stereocenters. The monoisotopic (exact) mass is 398 g/mol. The van der Waals surface area contributed by atoms with Crippen molar-refractivity contribution in [3.8, 4) is 0 Å². The SMILES string of the molecule is CC(C)(CC(C[Si](C)(C)C)(c1ccccc1)c1ccccc1)O[Si](C)(C)C. The topological polar surface area (TPSA) is 9.23 Å². The molecule has 0 saturated carbocycles. The molecule has 2 aromatic carbocycles. The van der Waals surface area contributed by atoms with Crippen LogP contribution in [0, 0.1) is 0 Å². The van der Waals surface area contributed by atoms with Crippen molar-refractivity contribution in [2.75, 3.05) is 0 Å². The van der Waals surface area contributed by atoms with E-state index in [0.717, 1.165) is 6.42 Å². The van der Waals surface area contributed by atoms with E-state index in [9.17, 15) is 0 Å². The summed E-state index contributed by atoms with van der Waals surface area (Å²) in [6, 6.07) is 23.5. The van der Waals surface area contributed by atoms with E-state index in [-0.39, 0.29) is 11.0 Å². The van der Waals surface area contributed by atoms with Crippen LogP contribution in [0.2, 0.25) is 45.3 Å². The first-order valence-corrected chi connectivity index (χ1v) is 17.3. The molecule has 2 aromatic rings. The first-order chi connectivity index (χ1) is 12.3. The minimum atomic E-state index is -1.64. The molecule has 0 spiro atoms. The molecule has 0 bridgehead atoms. The summed E-state index contributed by atoms with van der Waals surface area (Å²) in [6.07, 6.45) is 1.00. The van der Waals surface area contributed by atoms with E-state index < -0.39 is 16.4 Å². The Morgan fingerprint density at radius 1 is 0.704 bits per heavy atom. The molecule has 148 valence electrons. The van der Waals surface area contributed by atoms with Gasteiger partial charge in [-0.15, -0.1) is 0 Å². The first-order valence-electron chi connectivity index (χ1n) is 10.1. The highest BCUT2D eigenvalue weighted by molar-refractivity contribution is 6.76. The summed E-state index contributed by atoms with van der Waals surface area (Å²) in [5.74, 6) is 0. The Kier molecular flexibility index (Phi) is 6.61. The van der Waals surface area contributed by atoms with Gasteiger partial charge in [0.05, 0.1) is 5.60 Å². The lowest BCUT2D eigenvalue weighted by molar-refractivity contribution is 0.0725. The second-order valence-corrected chi connectivity index (χ2v) is 20.6. The summed E-state index contributed by atoms with van der Waals surface area (Å²) < 4.78 is 6.69. The van der Waals surface area contributed by atoms with Crippen molar-refractivity contribution < 1.29 is 4.43 Å². The van der Waals surface area contributed by atoms with Crippen LogP contribution in [-0.4, -0.2) is 22.0 Å². The van der Waals surface area contributed by atoms with Crippen LogP contribution in [0.4, 0.5) is 0 Å². The number of hydrogen-bond acceptors (Lipinski definition) is 1. The minimum absolute atomic E-state index is 0.0177. The molecule has 0 aliphatic rings. The molecule has 0 amide bonds. The van der Waals surface area contributed by atoms with Gasteiger partial charge >= 0.3 is 0 Å². The largest absolute Gasteiger partial charge is 0.413 e. The molecule has 0 heterocycles. The lowest BCUT2D eigenvalue weighted by atomic mass is 9.69. The second-order valence-electron chi connectivity index (χ2n) is 10.7. The zero-order valence-corrected chi connectivity index (χ0v) is 20.6. The molecular formula is C24H38OSi2. The highest BCUT2D eigenvalue weighted by Crippen LogP contribution is 2.46. The number of hydrogen-bond donors (Lipinski definition) is 0. The van der Waals surface area contributed by atoms with Gasteiger partial charge in [-0.3, -0.25) is 0 Å². The standard InChI is InChI=1S/C24H38OSi2/c1-23(2,25-27(6,7)8)19-24(20-26(3,4)5,21-15-11-9-12-16-21)22-17-13-10-14-18-22/h9-18H,19-20H2,1-8H3. The Hall–Kier alpha value is -1.17. The van der Waals surface area contributed by atoms with E-state index in [0.29, 0.717) is 0 Å². The summed E-state index contributed by atoms with van der Waals surface area (Å²) in [7, 11) is -3.00. The van der Waals surface area contributed by atoms with E-state index in [4.69, 9.17) is 4.43 Å². The Labute approximate surface area is 169 Å². The molecule has 2 rings (SSSR count). The third kappa shape index (κ3) is 6.44. The lowest BCUT2D eigenvalue weighted by Crippen LogP contribution is -2.46. The van der Waals surface area contributed by atoms with Crippen molar-refractivity contribution in [2.24, 2.45) is 0 Å². The van der Waals surface area contributed by atoms with E-state index in [2.05, 4.69) is 114 Å². The third-order valence-corrected chi connectivity index (χ3v) is 7.62. The zero-order chi connectivity index (χ0) is 20.3. The molecule has 0 aliphatic carbocycles. The normalized spacial score (nSPS) is 13.6. The molecule has 0 radical (unpaired) electrons. The molecule has 0 saturated heterocycles. The van der Waals surface area contributed by atoms with Gasteiger partial charge in [0, 0.05) is 13.5 Å². The maximum Gasteiger partial charge on any atom is 0.184 e. The van der Waals surface area contributed by atoms with Crippen molar-refractivity contribution in [1.82, 2.24) is 0 Å². The molecular weight excluding hydrogens is 360 g/mol. The van der Waals surface area contributed by atoms with Crippen LogP contribution in [0.15, 0.2) is 60.7 Å². The molecule has 0 N–H and O–H groups in total. The molecule has 0 aliphatic heterocycles. The molecule has 0 unspecified atom stereocenters. The number of rotatable bonds is 8. The summed E-state index contributed by atoms with van der Waals surface area (Å²) in [5.41, 5.74) is 2.66. The third-order valence-electron chi connectivity index (χ3n) is 4.79. The Bertz CT molecular complexity index is 670. The van der Waals surface area contributed by atoms with Crippen molar-refractivity contribution in [3.63, 3.8) is 0 Å². The van der Waals surface area contributed by atoms with Gasteiger partial charge in [-0.1, -0.05) is 80.3 Å². The van der Waals surface area contributed by atoms with Gasteiger partial charge in [0.15, 0.2) is 8.32 Å². The predicted molar refractivity (Wildman–Crippen MR) is 125 cm³/mol. The molecule has 1 nitrogen and oxygen atoms in total. The van der Waals surface area contributed by atoms with Crippen LogP contribution in [0.3, 0.4) is 0 Å². The van der Waals surface area contributed by atoms with Crippen LogP contribution in [0.1, 0.15) is 31.4 Å². The fourth-order valence-corrected chi connectivity index (χ4v) is 8.72. The maximum absolute atomic E-state index is 6.69. The van der Waals surface area contributed by atoms with Gasteiger partial charge < -0.3 is 4.43 Å². The molecule has 0 fully saturated rings. The summed E-state index contributed by atoms with van der Waals surface area (Å²) in [4.78, 5) is 0. The maximum atomic E-state index is 6.69. The van der Waals surface area contributed by atoms with Crippen LogP contribution < -0.4 is 0 Å². The van der Waals surface area contributed by atoms with Gasteiger partial charge in [-0.2, -0.15) is 0 Å². The van der Waals surface area contributed by atoms with Crippen molar-refractivity contribution in [1.29, 1.82) is 0 Å². The van der Waals surface area contributed by atoms with Crippen LogP contribution in [-0.2, 0) is 9.84 Å². The Morgan fingerprint density at radius 2 is 1.11 bits per heavy atom. The average Bonchev–Trinajstić information content (AvgIpc) is 2.52. The molecule has 0 aromatic heterocycles. The summed E-state index contributed by atoms with van der Waals surface area (Å²) in [6.45, 7) is 18.9. The average molecular weight is 399 g/mol. The summed E-state index contributed by atoms with van der Waals surface area (Å²) in [5, 5.41) is 0. The molecule has 27 heavy (non-hydrogen) atoms. The van der Waals surface area contributed by atoms with Crippen LogP contribution >= 0.6 is 0 Å². The van der Waals surface area contributed by atoms with Gasteiger partial charge in [0.25, 0.3) is 0 Å². The highest BCUT2D eigenvalue weighted by Gasteiger charge is 2.43. The highest BCUT2D eigenvalue weighted by atomic mass is 28.4. The predicted octanol–water partition coefficient (Wildman–Crippen LogP) is 7.33. The minimum Gasteiger partial charge on any atom is -0.413 e. The quantitative estimate of drug-likeness (QED) is 0.423. The van der Waals surface area contributed by atoms with E-state index in [1.54, 1.807) is 0 Å². The van der Waals surface area contributed by atoms with Crippen molar-refractivity contribution in [3.05, 3.63) is 71.8 Å². The fourth-order valence-electron chi connectivity index (χ4n) is 4.65. The van der Waals surface area contributed by atoms with Crippen LogP contribution in [0.5, 0.6) is 0 Å². The smallest absolute Gasteiger partial charge is 0.184 e. The fraction of sp³-hybridized carbons (Fsp3) is 0.500. The zero-order valence-electron chi connectivity index (χ0n) is 18.6. The van der Waals surface area contributed by atoms with Gasteiger partial charge in [-0.05, 0) is 57.1 Å². The van der Waals surface area contributed by atoms with Crippen molar-refractivity contribution >= 4 is 16.4 Å². The first kappa shape index (κ1) is 22.1. The van der Waals surface area contributed by atoms with Crippen molar-refractivity contribution in [2.45, 2.75) is 76.6 Å². The van der Waals surface area contributed by atoms with E-state index >= 15 is 0 Å². The van der Waals surface area contributed by atoms with Crippen LogP contribution in [0.25, 0.3) is 0 Å². The lowest BCUT2D eigenvalue weighted by Gasteiger charge is -2.46. The summed E-state index contributed by atoms with van der Waals surface area (Å²) >= 11 is 0. The van der Waals surface area contributed by atoms with E-state index in [1.165, 1.54) is 17.2 Å². The Balaban J connectivity index is 2.65. The number of benzene rings is 2. The van der Waals surface area contributed by atoms with Gasteiger partial charge in [0.1, 0.15) is 0 Å². The Morgan fingerprint density at radius 3 is 1.44 bits per heavy atom. The van der Waals surface area contributed by atoms with Gasteiger partial charge in [-0.25, -0.2) is 0 Å².